The SMILES string of the molecule is CNC1CCN(c2ccc(-c3ccc4ncc5nnc(N6C[C@@H](C)N(C)[C@@H](C)C6)n5c4c3)cc2C(F)(F)F)CC1. The van der Waals surface area contributed by atoms with Gasteiger partial charge in [-0.1, -0.05) is 12.1 Å². The van der Waals surface area contributed by atoms with E-state index >= 15 is 0 Å². The van der Waals surface area contributed by atoms with Crippen LogP contribution in [0.25, 0.3) is 27.8 Å². The van der Waals surface area contributed by atoms with Crippen molar-refractivity contribution in [3.63, 3.8) is 0 Å². The van der Waals surface area contributed by atoms with Gasteiger partial charge in [0.1, 0.15) is 0 Å². The molecule has 2 fully saturated rings. The predicted octanol–water partition coefficient (Wildman–Crippen LogP) is 4.68. The molecule has 2 atom stereocenters. The van der Waals surface area contributed by atoms with Crippen molar-refractivity contribution in [3.8, 4) is 11.1 Å². The zero-order valence-electron chi connectivity index (χ0n) is 23.3. The minimum Gasteiger partial charge on any atom is -0.371 e. The van der Waals surface area contributed by atoms with Crippen molar-refractivity contribution >= 4 is 28.3 Å². The largest absolute Gasteiger partial charge is 0.418 e. The van der Waals surface area contributed by atoms with Crippen molar-refractivity contribution in [2.75, 3.05) is 50.1 Å². The lowest BCUT2D eigenvalue weighted by Gasteiger charge is -2.42. The lowest BCUT2D eigenvalue weighted by Crippen LogP contribution is -2.55. The van der Waals surface area contributed by atoms with Crippen LogP contribution in [0.3, 0.4) is 0 Å². The average molecular weight is 553 g/mol. The number of likely N-dealkylation sites (N-methyl/N-ethyl adjacent to an activating group) is 1. The Labute approximate surface area is 231 Å². The maximum absolute atomic E-state index is 14.3. The molecule has 0 unspecified atom stereocenters. The molecule has 0 spiro atoms. The van der Waals surface area contributed by atoms with Crippen molar-refractivity contribution in [1.82, 2.24) is 29.8 Å². The molecule has 40 heavy (non-hydrogen) atoms. The van der Waals surface area contributed by atoms with Crippen LogP contribution in [0, 0.1) is 0 Å². The lowest BCUT2D eigenvalue weighted by atomic mass is 9.98. The molecule has 2 aliphatic rings. The monoisotopic (exact) mass is 552 g/mol. The smallest absolute Gasteiger partial charge is 0.371 e. The normalized spacial score (nSPS) is 21.6. The van der Waals surface area contributed by atoms with Gasteiger partial charge in [0.25, 0.3) is 0 Å². The van der Waals surface area contributed by atoms with Gasteiger partial charge in [0.05, 0.1) is 22.8 Å². The maximum Gasteiger partial charge on any atom is 0.418 e. The average Bonchev–Trinajstić information content (AvgIpc) is 3.39. The summed E-state index contributed by atoms with van der Waals surface area (Å²) < 4.78 is 45.0. The number of piperidine rings is 1. The van der Waals surface area contributed by atoms with E-state index < -0.39 is 11.7 Å². The van der Waals surface area contributed by atoms with E-state index in [-0.39, 0.29) is 5.69 Å². The molecule has 0 saturated carbocycles. The number of anilines is 2. The molecule has 1 N–H and O–H groups in total. The minimum absolute atomic E-state index is 0.245. The number of benzene rings is 2. The third-order valence-corrected chi connectivity index (χ3v) is 8.73. The van der Waals surface area contributed by atoms with Gasteiger partial charge in [-0.25, -0.2) is 0 Å². The Morgan fingerprint density at radius 1 is 0.900 bits per heavy atom. The van der Waals surface area contributed by atoms with E-state index in [1.54, 1.807) is 18.3 Å². The highest BCUT2D eigenvalue weighted by Gasteiger charge is 2.36. The van der Waals surface area contributed by atoms with Gasteiger partial charge in [-0.05, 0) is 76.2 Å². The number of halogens is 3. The Bertz CT molecular complexity index is 1510. The fourth-order valence-corrected chi connectivity index (χ4v) is 6.12. The summed E-state index contributed by atoms with van der Waals surface area (Å²) in [4.78, 5) is 11.0. The number of nitrogens with zero attached hydrogens (tertiary/aromatic N) is 7. The van der Waals surface area contributed by atoms with E-state index in [1.165, 1.54) is 6.07 Å². The summed E-state index contributed by atoms with van der Waals surface area (Å²) in [6, 6.07) is 11.3. The topological polar surface area (TPSA) is 64.8 Å². The van der Waals surface area contributed by atoms with Crippen molar-refractivity contribution in [2.24, 2.45) is 0 Å². The summed E-state index contributed by atoms with van der Waals surface area (Å²) in [6.45, 7) is 7.16. The van der Waals surface area contributed by atoms with Crippen molar-refractivity contribution < 1.29 is 13.2 Å². The van der Waals surface area contributed by atoms with Gasteiger partial charge in [-0.2, -0.15) is 13.2 Å². The molecule has 0 radical (unpaired) electrons. The molecule has 8 nitrogen and oxygen atoms in total. The number of rotatable bonds is 4. The van der Waals surface area contributed by atoms with E-state index in [9.17, 15) is 13.2 Å². The Morgan fingerprint density at radius 2 is 1.57 bits per heavy atom. The van der Waals surface area contributed by atoms with Gasteiger partial charge < -0.3 is 15.1 Å². The molecule has 2 aromatic heterocycles. The van der Waals surface area contributed by atoms with Crippen molar-refractivity contribution in [2.45, 2.75) is 51.0 Å². The number of piperazine rings is 1. The quantitative estimate of drug-likeness (QED) is 0.395. The molecular formula is C29H35F3N8. The van der Waals surface area contributed by atoms with Crippen molar-refractivity contribution in [3.05, 3.63) is 48.2 Å². The molecule has 4 aromatic rings. The van der Waals surface area contributed by atoms with Crippen LogP contribution in [-0.2, 0) is 6.18 Å². The third kappa shape index (κ3) is 4.75. The van der Waals surface area contributed by atoms with E-state index in [1.807, 2.05) is 34.5 Å². The first-order chi connectivity index (χ1) is 19.1. The van der Waals surface area contributed by atoms with E-state index in [0.29, 0.717) is 48.0 Å². The fourth-order valence-electron chi connectivity index (χ4n) is 6.12. The zero-order chi connectivity index (χ0) is 28.2. The first-order valence-corrected chi connectivity index (χ1v) is 13.9. The summed E-state index contributed by atoms with van der Waals surface area (Å²) in [5.74, 6) is 0.725. The zero-order valence-corrected chi connectivity index (χ0v) is 23.3. The van der Waals surface area contributed by atoms with Gasteiger partial charge >= 0.3 is 6.18 Å². The van der Waals surface area contributed by atoms with Crippen LogP contribution in [0.15, 0.2) is 42.6 Å². The Balaban J connectivity index is 1.41. The van der Waals surface area contributed by atoms with Crippen LogP contribution in [0.4, 0.5) is 24.8 Å². The third-order valence-electron chi connectivity index (χ3n) is 8.73. The molecule has 0 bridgehead atoms. The highest BCUT2D eigenvalue weighted by molar-refractivity contribution is 5.85. The Morgan fingerprint density at radius 3 is 2.25 bits per heavy atom. The van der Waals surface area contributed by atoms with E-state index in [0.717, 1.165) is 42.9 Å². The Hall–Kier alpha value is -3.44. The van der Waals surface area contributed by atoms with Gasteiger partial charge in [0, 0.05) is 50.0 Å². The van der Waals surface area contributed by atoms with Gasteiger partial charge in [0.2, 0.25) is 5.95 Å². The number of hydrogen-bond acceptors (Lipinski definition) is 7. The fraction of sp³-hybridized carbons (Fsp3) is 0.483. The second-order valence-corrected chi connectivity index (χ2v) is 11.2. The van der Waals surface area contributed by atoms with Crippen LogP contribution in [0.5, 0.6) is 0 Å². The van der Waals surface area contributed by atoms with Crippen molar-refractivity contribution in [1.29, 1.82) is 0 Å². The predicted molar refractivity (Wildman–Crippen MR) is 152 cm³/mol. The first-order valence-electron chi connectivity index (χ1n) is 13.9. The first kappa shape index (κ1) is 26.8. The molecule has 4 heterocycles. The molecule has 212 valence electrons. The second kappa shape index (κ2) is 10.2. The number of alkyl halides is 3. The standard InChI is InChI=1S/C29H35F3N8/c1-18-16-39(17-19(2)37(18)4)28-36-35-27-15-34-24-7-5-21(14-26(24)40(27)28)20-6-8-25(23(13-20)29(30,31)32)38-11-9-22(33-3)10-12-38/h5-8,13-15,18-19,22,33H,9-12,16-17H2,1-4H3/t18-,19+. The van der Waals surface area contributed by atoms with E-state index in [2.05, 4.69) is 51.2 Å². The summed E-state index contributed by atoms with van der Waals surface area (Å²) in [6.07, 6.45) is -1.15. The summed E-state index contributed by atoms with van der Waals surface area (Å²) in [5.41, 5.74) is 2.94. The molecule has 6 rings (SSSR count). The molecule has 11 heteroatoms. The number of nitrogens with one attached hydrogen (secondary N) is 1. The van der Waals surface area contributed by atoms with Crippen LogP contribution in [-0.4, -0.2) is 82.9 Å². The van der Waals surface area contributed by atoms with Gasteiger partial charge in [0.15, 0.2) is 5.65 Å². The molecule has 0 amide bonds. The molecule has 2 aliphatic heterocycles. The van der Waals surface area contributed by atoms with Gasteiger partial charge in [-0.3, -0.25) is 14.3 Å². The van der Waals surface area contributed by atoms with Crippen LogP contribution in [0.2, 0.25) is 0 Å². The summed E-state index contributed by atoms with van der Waals surface area (Å²) >= 11 is 0. The van der Waals surface area contributed by atoms with Crippen LogP contribution >= 0.6 is 0 Å². The number of fused-ring (bicyclic) bond motifs is 3. The highest BCUT2D eigenvalue weighted by atomic mass is 19.4. The summed E-state index contributed by atoms with van der Waals surface area (Å²) in [7, 11) is 4.03. The maximum atomic E-state index is 14.3. The Kier molecular flexibility index (Phi) is 6.82. The van der Waals surface area contributed by atoms with Crippen LogP contribution in [0.1, 0.15) is 32.3 Å². The number of hydrogen-bond donors (Lipinski definition) is 1. The molecule has 2 aromatic carbocycles. The molecular weight excluding hydrogens is 517 g/mol. The number of aromatic nitrogens is 4. The molecule has 0 aliphatic carbocycles. The lowest BCUT2D eigenvalue weighted by molar-refractivity contribution is -0.137. The highest BCUT2D eigenvalue weighted by Crippen LogP contribution is 2.40. The molecule has 2 saturated heterocycles. The van der Waals surface area contributed by atoms with E-state index in [4.69, 9.17) is 0 Å². The summed E-state index contributed by atoms with van der Waals surface area (Å²) in [5, 5.41) is 12.1. The van der Waals surface area contributed by atoms with Crippen LogP contribution < -0.4 is 15.1 Å². The minimum atomic E-state index is -4.47. The second-order valence-electron chi connectivity index (χ2n) is 11.2. The van der Waals surface area contributed by atoms with Gasteiger partial charge in [-0.15, -0.1) is 10.2 Å².